The molecule has 0 aromatic carbocycles. The van der Waals surface area contributed by atoms with Crippen molar-refractivity contribution in [3.05, 3.63) is 24.0 Å². The molecule has 0 fully saturated rings. The van der Waals surface area contributed by atoms with Crippen LogP contribution in [0.5, 0.6) is 0 Å². The fourth-order valence-corrected chi connectivity index (χ4v) is 0.815. The highest BCUT2D eigenvalue weighted by Gasteiger charge is 2.14. The van der Waals surface area contributed by atoms with Crippen LogP contribution in [0.25, 0.3) is 0 Å². The molecule has 0 amide bonds. The third kappa shape index (κ3) is 6.29. The lowest BCUT2D eigenvalue weighted by molar-refractivity contribution is -0.136. The van der Waals surface area contributed by atoms with Crippen molar-refractivity contribution in [2.75, 3.05) is 0 Å². The lowest BCUT2D eigenvalue weighted by Crippen LogP contribution is -2.08. The van der Waals surface area contributed by atoms with E-state index in [4.69, 9.17) is 10.2 Å². The summed E-state index contributed by atoms with van der Waals surface area (Å²) in [7, 11) is 0. The summed E-state index contributed by atoms with van der Waals surface area (Å²) in [5.74, 6) is -0.348. The SMILES string of the molecule is CC1(C)C=CC(O)=CC1.CCC(=O)O. The summed E-state index contributed by atoms with van der Waals surface area (Å²) in [6, 6.07) is 0. The first-order chi connectivity index (χ1) is 6.37. The van der Waals surface area contributed by atoms with E-state index < -0.39 is 5.97 Å². The number of aliphatic hydroxyl groups is 1. The molecule has 80 valence electrons. The molecule has 0 atom stereocenters. The Morgan fingerprint density at radius 1 is 1.57 bits per heavy atom. The molecule has 3 nitrogen and oxygen atoms in total. The molecule has 0 radical (unpaired) electrons. The molecule has 3 heteroatoms. The molecule has 2 N–H and O–H groups in total. The molecule has 0 unspecified atom stereocenters. The lowest BCUT2D eigenvalue weighted by Gasteiger charge is -2.20. The summed E-state index contributed by atoms with van der Waals surface area (Å²) < 4.78 is 0. The van der Waals surface area contributed by atoms with Gasteiger partial charge in [-0.2, -0.15) is 0 Å². The average Bonchev–Trinajstić information content (AvgIpc) is 2.11. The number of hydrogen-bond acceptors (Lipinski definition) is 2. The molecular formula is C11H18O3. The smallest absolute Gasteiger partial charge is 0.303 e. The van der Waals surface area contributed by atoms with Crippen LogP contribution in [0.15, 0.2) is 24.0 Å². The summed E-state index contributed by atoms with van der Waals surface area (Å²) in [6.07, 6.45) is 6.79. The van der Waals surface area contributed by atoms with E-state index in [0.29, 0.717) is 5.76 Å². The van der Waals surface area contributed by atoms with Gasteiger partial charge in [-0.3, -0.25) is 4.79 Å². The Kier molecular flexibility index (Phi) is 4.99. The van der Waals surface area contributed by atoms with Gasteiger partial charge < -0.3 is 10.2 Å². The maximum absolute atomic E-state index is 9.37. The molecule has 0 bridgehead atoms. The first kappa shape index (κ1) is 12.8. The molecule has 14 heavy (non-hydrogen) atoms. The van der Waals surface area contributed by atoms with E-state index in [-0.39, 0.29) is 11.8 Å². The van der Waals surface area contributed by atoms with Crippen LogP contribution in [0.2, 0.25) is 0 Å². The second kappa shape index (κ2) is 5.47. The fourth-order valence-electron chi connectivity index (χ4n) is 0.815. The van der Waals surface area contributed by atoms with Gasteiger partial charge in [0.15, 0.2) is 0 Å². The van der Waals surface area contributed by atoms with Gasteiger partial charge >= 0.3 is 5.97 Å². The van der Waals surface area contributed by atoms with Crippen molar-refractivity contribution >= 4 is 5.97 Å². The molecule has 1 aliphatic carbocycles. The zero-order valence-corrected chi connectivity index (χ0v) is 8.95. The molecule has 0 saturated heterocycles. The van der Waals surface area contributed by atoms with Crippen LogP contribution >= 0.6 is 0 Å². The van der Waals surface area contributed by atoms with Crippen LogP contribution < -0.4 is 0 Å². The second-order valence-corrected chi connectivity index (χ2v) is 3.90. The third-order valence-electron chi connectivity index (χ3n) is 1.85. The highest BCUT2D eigenvalue weighted by molar-refractivity contribution is 5.66. The molecule has 0 aromatic rings. The molecule has 0 aromatic heterocycles. The Morgan fingerprint density at radius 3 is 2.29 bits per heavy atom. The number of carboxylic acid groups (broad SMARTS) is 1. The van der Waals surface area contributed by atoms with Crippen LogP contribution in [0.4, 0.5) is 0 Å². The number of aliphatic hydroxyl groups excluding tert-OH is 1. The zero-order chi connectivity index (χ0) is 11.2. The molecule has 0 spiro atoms. The summed E-state index contributed by atoms with van der Waals surface area (Å²) in [4.78, 5) is 9.37. The van der Waals surface area contributed by atoms with Gasteiger partial charge in [0, 0.05) is 6.42 Å². The minimum Gasteiger partial charge on any atom is -0.508 e. The van der Waals surface area contributed by atoms with E-state index in [1.807, 2.05) is 12.2 Å². The second-order valence-electron chi connectivity index (χ2n) is 3.90. The molecule has 1 aliphatic rings. The summed E-state index contributed by atoms with van der Waals surface area (Å²) in [6.45, 7) is 5.89. The summed E-state index contributed by atoms with van der Waals surface area (Å²) >= 11 is 0. The molecule has 0 aliphatic heterocycles. The molecular weight excluding hydrogens is 180 g/mol. The Labute approximate surface area is 84.8 Å². The average molecular weight is 198 g/mol. The highest BCUT2D eigenvalue weighted by Crippen LogP contribution is 2.26. The number of carbonyl (C=O) groups is 1. The number of aliphatic carboxylic acids is 1. The number of rotatable bonds is 1. The number of hydrogen-bond donors (Lipinski definition) is 2. The van der Waals surface area contributed by atoms with Gasteiger partial charge in [0.1, 0.15) is 5.76 Å². The molecule has 0 heterocycles. The minimum atomic E-state index is -0.745. The maximum Gasteiger partial charge on any atom is 0.303 e. The van der Waals surface area contributed by atoms with Crippen LogP contribution in [-0.4, -0.2) is 16.2 Å². The number of carboxylic acids is 1. The Morgan fingerprint density at radius 2 is 2.07 bits per heavy atom. The van der Waals surface area contributed by atoms with Crippen molar-refractivity contribution in [2.45, 2.75) is 33.6 Å². The van der Waals surface area contributed by atoms with Gasteiger partial charge in [-0.15, -0.1) is 0 Å². The summed E-state index contributed by atoms with van der Waals surface area (Å²) in [5, 5.41) is 16.6. The van der Waals surface area contributed by atoms with Gasteiger partial charge in [-0.1, -0.05) is 26.8 Å². The van der Waals surface area contributed by atoms with Crippen LogP contribution in [0.1, 0.15) is 33.6 Å². The first-order valence-corrected chi connectivity index (χ1v) is 4.67. The predicted octanol–water partition coefficient (Wildman–Crippen LogP) is 2.90. The van der Waals surface area contributed by atoms with Gasteiger partial charge in [0.2, 0.25) is 0 Å². The van der Waals surface area contributed by atoms with E-state index in [1.54, 1.807) is 13.0 Å². The Hall–Kier alpha value is -1.25. The Balaban J connectivity index is 0.000000292. The van der Waals surface area contributed by atoms with Crippen molar-refractivity contribution in [2.24, 2.45) is 5.41 Å². The number of allylic oxidation sites excluding steroid dienone is 3. The van der Waals surface area contributed by atoms with Crippen molar-refractivity contribution in [3.8, 4) is 0 Å². The lowest BCUT2D eigenvalue weighted by atomic mass is 9.86. The standard InChI is InChI=1S/C8H12O.C3H6O2/c1-8(2)5-3-7(9)4-6-8;1-2-3(4)5/h3-5,9H,6H2,1-2H3;2H2,1H3,(H,4,5). The van der Waals surface area contributed by atoms with Gasteiger partial charge in [-0.05, 0) is 24.0 Å². The Bertz CT molecular complexity index is 249. The largest absolute Gasteiger partial charge is 0.508 e. The van der Waals surface area contributed by atoms with E-state index in [2.05, 4.69) is 13.8 Å². The van der Waals surface area contributed by atoms with E-state index in [9.17, 15) is 4.79 Å². The van der Waals surface area contributed by atoms with Crippen molar-refractivity contribution in [1.82, 2.24) is 0 Å². The minimum absolute atomic E-state index is 0.222. The summed E-state index contributed by atoms with van der Waals surface area (Å²) in [5.41, 5.74) is 0.242. The monoisotopic (exact) mass is 198 g/mol. The molecule has 0 saturated carbocycles. The first-order valence-electron chi connectivity index (χ1n) is 4.67. The van der Waals surface area contributed by atoms with Crippen LogP contribution in [-0.2, 0) is 4.79 Å². The third-order valence-corrected chi connectivity index (χ3v) is 1.85. The van der Waals surface area contributed by atoms with E-state index in [0.717, 1.165) is 6.42 Å². The van der Waals surface area contributed by atoms with Gasteiger partial charge in [0.05, 0.1) is 0 Å². The molecule has 1 rings (SSSR count). The van der Waals surface area contributed by atoms with Crippen molar-refractivity contribution in [3.63, 3.8) is 0 Å². The fraction of sp³-hybridized carbons (Fsp3) is 0.545. The normalized spacial score (nSPS) is 17.8. The maximum atomic E-state index is 9.37. The van der Waals surface area contributed by atoms with E-state index >= 15 is 0 Å². The zero-order valence-electron chi connectivity index (χ0n) is 8.95. The topological polar surface area (TPSA) is 57.5 Å². The van der Waals surface area contributed by atoms with Gasteiger partial charge in [0.25, 0.3) is 0 Å². The predicted molar refractivity (Wildman–Crippen MR) is 56.2 cm³/mol. The van der Waals surface area contributed by atoms with Gasteiger partial charge in [-0.25, -0.2) is 0 Å². The van der Waals surface area contributed by atoms with E-state index in [1.165, 1.54) is 0 Å². The van der Waals surface area contributed by atoms with Crippen LogP contribution in [0.3, 0.4) is 0 Å². The van der Waals surface area contributed by atoms with Crippen LogP contribution in [0, 0.1) is 5.41 Å². The van der Waals surface area contributed by atoms with Crippen molar-refractivity contribution in [1.29, 1.82) is 0 Å². The highest BCUT2D eigenvalue weighted by atomic mass is 16.4. The quantitative estimate of drug-likeness (QED) is 0.681. The van der Waals surface area contributed by atoms with Crippen molar-refractivity contribution < 1.29 is 15.0 Å².